The highest BCUT2D eigenvalue weighted by molar-refractivity contribution is 6.68. The highest BCUT2D eigenvalue weighted by Crippen LogP contribution is 2.30. The van der Waals surface area contributed by atoms with Gasteiger partial charge in [0, 0.05) is 5.56 Å². The van der Waals surface area contributed by atoms with Gasteiger partial charge in [-0.1, -0.05) is 11.6 Å². The van der Waals surface area contributed by atoms with Crippen LogP contribution in [-0.2, 0) is 0 Å². The Balaban J connectivity index is 3.51. The van der Waals surface area contributed by atoms with E-state index < -0.39 is 27.9 Å². The summed E-state index contributed by atoms with van der Waals surface area (Å²) < 4.78 is 24.9. The molecule has 0 saturated heterocycles. The highest BCUT2D eigenvalue weighted by atomic mass is 35.5. The lowest BCUT2D eigenvalue weighted by Gasteiger charge is -2.06. The van der Waals surface area contributed by atoms with Crippen LogP contribution in [0.1, 0.15) is 28.0 Å². The largest absolute Gasteiger partial charge is 0.276 e. The fraction of sp³-hybridized carbons (Fsp3) is 0.125. The molecule has 1 aromatic heterocycles. The van der Waals surface area contributed by atoms with Crippen LogP contribution in [0, 0.1) is 11.3 Å². The molecular formula is C8H2Cl2F2N2O. The van der Waals surface area contributed by atoms with Crippen LogP contribution in [0.2, 0.25) is 5.15 Å². The Labute approximate surface area is 93.2 Å². The van der Waals surface area contributed by atoms with E-state index in [1.807, 2.05) is 0 Å². The van der Waals surface area contributed by atoms with Gasteiger partial charge in [0.15, 0.2) is 0 Å². The molecule has 7 heteroatoms. The number of rotatable bonds is 2. The molecule has 1 rings (SSSR count). The lowest BCUT2D eigenvalue weighted by molar-refractivity contribution is 0.106. The van der Waals surface area contributed by atoms with Gasteiger partial charge in [0.1, 0.15) is 16.9 Å². The van der Waals surface area contributed by atoms with E-state index in [-0.39, 0.29) is 5.69 Å². The molecule has 3 nitrogen and oxygen atoms in total. The van der Waals surface area contributed by atoms with Crippen LogP contribution in [0.25, 0.3) is 0 Å². The molecule has 0 aliphatic rings. The van der Waals surface area contributed by atoms with Gasteiger partial charge in [-0.15, -0.1) is 0 Å². The van der Waals surface area contributed by atoms with Gasteiger partial charge < -0.3 is 0 Å². The van der Waals surface area contributed by atoms with Crippen LogP contribution < -0.4 is 0 Å². The van der Waals surface area contributed by atoms with Crippen molar-refractivity contribution < 1.29 is 13.6 Å². The fourth-order valence-corrected chi connectivity index (χ4v) is 1.38. The maximum atomic E-state index is 12.5. The fourth-order valence-electron chi connectivity index (χ4n) is 0.951. The molecule has 0 aliphatic heterocycles. The average Bonchev–Trinajstić information content (AvgIpc) is 2.15. The Hall–Kier alpha value is -1.25. The topological polar surface area (TPSA) is 53.8 Å². The van der Waals surface area contributed by atoms with Gasteiger partial charge in [0.2, 0.25) is 0 Å². The number of nitriles is 1. The monoisotopic (exact) mass is 250 g/mol. The molecule has 0 bridgehead atoms. The van der Waals surface area contributed by atoms with Crippen molar-refractivity contribution in [1.29, 1.82) is 5.26 Å². The molecule has 15 heavy (non-hydrogen) atoms. The molecule has 0 fully saturated rings. The van der Waals surface area contributed by atoms with E-state index in [0.29, 0.717) is 0 Å². The van der Waals surface area contributed by atoms with Crippen molar-refractivity contribution >= 4 is 28.4 Å². The van der Waals surface area contributed by atoms with Gasteiger partial charge in [0.05, 0.1) is 5.56 Å². The summed E-state index contributed by atoms with van der Waals surface area (Å²) in [7, 11) is 0. The number of nitrogens with zero attached hydrogens (tertiary/aromatic N) is 2. The summed E-state index contributed by atoms with van der Waals surface area (Å²) in [6.07, 6.45) is -2.98. The number of pyridine rings is 1. The number of hydrogen-bond acceptors (Lipinski definition) is 3. The molecule has 1 aromatic rings. The lowest BCUT2D eigenvalue weighted by atomic mass is 10.1. The zero-order valence-electron chi connectivity index (χ0n) is 6.97. The zero-order chi connectivity index (χ0) is 11.6. The first-order valence-electron chi connectivity index (χ1n) is 3.56. The predicted molar refractivity (Wildman–Crippen MR) is 49.1 cm³/mol. The molecule has 0 N–H and O–H groups in total. The molecule has 0 radical (unpaired) electrons. The minimum Gasteiger partial charge on any atom is -0.276 e. The van der Waals surface area contributed by atoms with Gasteiger partial charge in [-0.3, -0.25) is 4.79 Å². The SMILES string of the molecule is N#Cc1cc(C(=O)Cl)c(C(F)F)c(Cl)n1. The number of carbonyl (C=O) groups excluding carboxylic acids is 1. The second-order valence-corrected chi connectivity index (χ2v) is 3.15. The summed E-state index contributed by atoms with van der Waals surface area (Å²) in [6, 6.07) is 2.46. The van der Waals surface area contributed by atoms with Gasteiger partial charge >= 0.3 is 0 Å². The van der Waals surface area contributed by atoms with Crippen molar-refractivity contribution in [1.82, 2.24) is 4.98 Å². The Morgan fingerprint density at radius 2 is 2.20 bits per heavy atom. The summed E-state index contributed by atoms with van der Waals surface area (Å²) in [5.41, 5.74) is -1.49. The molecule has 0 amide bonds. The first-order chi connectivity index (χ1) is 6.97. The molecule has 0 unspecified atom stereocenters. The standard InChI is InChI=1S/C8H2Cl2F2N2O/c9-6-5(8(11)12)4(7(10)15)1-3(2-13)14-6/h1,8H. The van der Waals surface area contributed by atoms with Crippen LogP contribution in [0.15, 0.2) is 6.07 Å². The van der Waals surface area contributed by atoms with Gasteiger partial charge in [0.25, 0.3) is 11.7 Å². The molecule has 0 aromatic carbocycles. The van der Waals surface area contributed by atoms with E-state index in [0.717, 1.165) is 6.07 Å². The van der Waals surface area contributed by atoms with Crippen molar-refractivity contribution in [2.24, 2.45) is 0 Å². The minimum absolute atomic E-state index is 0.242. The third kappa shape index (κ3) is 2.41. The Bertz CT molecular complexity index is 457. The number of halogens is 4. The highest BCUT2D eigenvalue weighted by Gasteiger charge is 2.22. The molecule has 0 aliphatic carbocycles. The lowest BCUT2D eigenvalue weighted by Crippen LogP contribution is -2.03. The molecule has 0 spiro atoms. The summed E-state index contributed by atoms with van der Waals surface area (Å²) in [4.78, 5) is 14.2. The summed E-state index contributed by atoms with van der Waals surface area (Å²) in [5, 5.41) is 6.79. The normalized spacial score (nSPS) is 10.1. The molecule has 78 valence electrons. The average molecular weight is 251 g/mol. The molecule has 0 saturated carbocycles. The smallest absolute Gasteiger partial charge is 0.267 e. The van der Waals surface area contributed by atoms with E-state index in [1.54, 1.807) is 6.07 Å². The van der Waals surface area contributed by atoms with Crippen LogP contribution in [0.4, 0.5) is 8.78 Å². The van der Waals surface area contributed by atoms with Crippen molar-refractivity contribution in [2.45, 2.75) is 6.43 Å². The first kappa shape index (κ1) is 11.8. The van der Waals surface area contributed by atoms with Crippen molar-refractivity contribution in [2.75, 3.05) is 0 Å². The van der Waals surface area contributed by atoms with Gasteiger partial charge in [-0.05, 0) is 17.7 Å². The van der Waals surface area contributed by atoms with Crippen LogP contribution >= 0.6 is 23.2 Å². The van der Waals surface area contributed by atoms with E-state index in [2.05, 4.69) is 4.98 Å². The Morgan fingerprint density at radius 1 is 1.60 bits per heavy atom. The van der Waals surface area contributed by atoms with E-state index >= 15 is 0 Å². The summed E-state index contributed by atoms with van der Waals surface area (Å²) >= 11 is 10.5. The van der Waals surface area contributed by atoms with Gasteiger partial charge in [-0.2, -0.15) is 5.26 Å². The summed E-state index contributed by atoms with van der Waals surface area (Å²) in [5.74, 6) is 0. The zero-order valence-corrected chi connectivity index (χ0v) is 8.48. The molecule has 0 atom stereocenters. The van der Waals surface area contributed by atoms with Crippen LogP contribution in [-0.4, -0.2) is 10.2 Å². The minimum atomic E-state index is -2.98. The number of carbonyl (C=O) groups is 1. The maximum Gasteiger partial charge on any atom is 0.267 e. The van der Waals surface area contributed by atoms with Crippen LogP contribution in [0.3, 0.4) is 0 Å². The van der Waals surface area contributed by atoms with Crippen molar-refractivity contribution in [3.63, 3.8) is 0 Å². The number of hydrogen-bond donors (Lipinski definition) is 0. The summed E-state index contributed by atoms with van der Waals surface area (Å²) in [6.45, 7) is 0. The van der Waals surface area contributed by atoms with E-state index in [9.17, 15) is 13.6 Å². The van der Waals surface area contributed by atoms with Crippen molar-refractivity contribution in [3.8, 4) is 6.07 Å². The molecular weight excluding hydrogens is 249 g/mol. The van der Waals surface area contributed by atoms with Crippen molar-refractivity contribution in [3.05, 3.63) is 28.0 Å². The van der Waals surface area contributed by atoms with Gasteiger partial charge in [-0.25, -0.2) is 13.8 Å². The van der Waals surface area contributed by atoms with Crippen LogP contribution in [0.5, 0.6) is 0 Å². The van der Waals surface area contributed by atoms with E-state index in [1.165, 1.54) is 0 Å². The number of alkyl halides is 2. The quantitative estimate of drug-likeness (QED) is 0.599. The number of aromatic nitrogens is 1. The second-order valence-electron chi connectivity index (χ2n) is 2.45. The Kier molecular flexibility index (Phi) is 3.56. The predicted octanol–water partition coefficient (Wildman–Crippen LogP) is 2.92. The third-order valence-electron chi connectivity index (χ3n) is 1.56. The third-order valence-corrected chi connectivity index (χ3v) is 2.05. The first-order valence-corrected chi connectivity index (χ1v) is 4.31. The Morgan fingerprint density at radius 3 is 2.60 bits per heavy atom. The second kappa shape index (κ2) is 4.51. The maximum absolute atomic E-state index is 12.5. The van der Waals surface area contributed by atoms with E-state index in [4.69, 9.17) is 28.5 Å². The molecule has 1 heterocycles.